The molecular weight excluding hydrogens is 262 g/mol. The van der Waals surface area contributed by atoms with E-state index in [9.17, 15) is 17.6 Å². The summed E-state index contributed by atoms with van der Waals surface area (Å²) in [7, 11) is 0. The Balaban J connectivity index is 2.26. The van der Waals surface area contributed by atoms with Gasteiger partial charge in [0.25, 0.3) is 0 Å². The lowest BCUT2D eigenvalue weighted by Crippen LogP contribution is -2.18. The lowest BCUT2D eigenvalue weighted by molar-refractivity contribution is -0.142. The van der Waals surface area contributed by atoms with Crippen molar-refractivity contribution in [1.29, 1.82) is 0 Å². The first-order valence-electron chi connectivity index (χ1n) is 5.56. The van der Waals surface area contributed by atoms with Crippen molar-refractivity contribution in [2.75, 3.05) is 0 Å². The van der Waals surface area contributed by atoms with Crippen LogP contribution in [0.3, 0.4) is 0 Å². The fraction of sp³-hybridized carbons (Fsp3) is 0.333. The van der Waals surface area contributed by atoms with Crippen LogP contribution in [0, 0.1) is 5.82 Å². The Morgan fingerprint density at radius 1 is 1.26 bits per heavy atom. The molecule has 0 aliphatic heterocycles. The molecule has 2 aromatic rings. The minimum absolute atomic E-state index is 0.00421. The van der Waals surface area contributed by atoms with E-state index in [1.165, 1.54) is 12.4 Å². The summed E-state index contributed by atoms with van der Waals surface area (Å²) in [4.78, 5) is 3.83. The molecule has 0 radical (unpaired) electrons. The van der Waals surface area contributed by atoms with Gasteiger partial charge in [-0.15, -0.1) is 0 Å². The third kappa shape index (κ3) is 3.30. The number of aromatic nitrogens is 3. The Labute approximate surface area is 106 Å². The van der Waals surface area contributed by atoms with Crippen molar-refractivity contribution in [1.82, 2.24) is 14.8 Å². The average molecular weight is 273 g/mol. The van der Waals surface area contributed by atoms with E-state index in [-0.39, 0.29) is 5.69 Å². The van der Waals surface area contributed by atoms with Crippen molar-refractivity contribution in [2.24, 2.45) is 0 Å². The van der Waals surface area contributed by atoms with Crippen LogP contribution in [-0.2, 0) is 6.54 Å². The number of hydrogen-bond donors (Lipinski definition) is 0. The highest BCUT2D eigenvalue weighted by Gasteiger charge is 2.29. The van der Waals surface area contributed by atoms with Gasteiger partial charge in [0.1, 0.15) is 12.2 Å². The van der Waals surface area contributed by atoms with Gasteiger partial charge >= 0.3 is 6.18 Å². The monoisotopic (exact) mass is 273 g/mol. The number of rotatable bonds is 3. The van der Waals surface area contributed by atoms with Crippen LogP contribution in [0.25, 0.3) is 0 Å². The molecule has 0 fully saturated rings. The molecule has 2 rings (SSSR count). The van der Waals surface area contributed by atoms with Gasteiger partial charge in [0.2, 0.25) is 0 Å². The first-order valence-corrected chi connectivity index (χ1v) is 5.56. The maximum Gasteiger partial charge on any atom is 0.408 e. The summed E-state index contributed by atoms with van der Waals surface area (Å²) in [5, 5.41) is 3.67. The van der Waals surface area contributed by atoms with Gasteiger partial charge in [-0.3, -0.25) is 9.67 Å². The van der Waals surface area contributed by atoms with Gasteiger partial charge in [0.05, 0.1) is 6.20 Å². The van der Waals surface area contributed by atoms with Gasteiger partial charge in [0.15, 0.2) is 5.82 Å². The smallest absolute Gasteiger partial charge is 0.265 e. The maximum atomic E-state index is 13.7. The molecule has 3 nitrogen and oxygen atoms in total. The molecule has 1 atom stereocenters. The predicted molar refractivity (Wildman–Crippen MR) is 60.0 cm³/mol. The Kier molecular flexibility index (Phi) is 3.55. The quantitative estimate of drug-likeness (QED) is 0.804. The molecule has 0 aliphatic carbocycles. The van der Waals surface area contributed by atoms with E-state index in [0.29, 0.717) is 4.68 Å². The maximum absolute atomic E-state index is 13.7. The van der Waals surface area contributed by atoms with Gasteiger partial charge in [-0.2, -0.15) is 18.3 Å². The van der Waals surface area contributed by atoms with Gasteiger partial charge < -0.3 is 0 Å². The van der Waals surface area contributed by atoms with Crippen LogP contribution >= 0.6 is 0 Å². The molecule has 0 saturated carbocycles. The van der Waals surface area contributed by atoms with Gasteiger partial charge in [-0.25, -0.2) is 4.39 Å². The van der Waals surface area contributed by atoms with E-state index in [4.69, 9.17) is 0 Å². The molecule has 0 N–H and O–H groups in total. The van der Waals surface area contributed by atoms with Crippen molar-refractivity contribution >= 4 is 0 Å². The minimum Gasteiger partial charge on any atom is -0.265 e. The van der Waals surface area contributed by atoms with Crippen LogP contribution < -0.4 is 0 Å². The second kappa shape index (κ2) is 4.99. The summed E-state index contributed by atoms with van der Waals surface area (Å²) in [6.07, 6.45) is -0.580. The van der Waals surface area contributed by atoms with E-state index in [1.807, 2.05) is 0 Å². The molecule has 2 heterocycles. The van der Waals surface area contributed by atoms with Crippen LogP contribution in [0.5, 0.6) is 0 Å². The summed E-state index contributed by atoms with van der Waals surface area (Å²) in [6, 6.07) is 3.35. The Bertz CT molecular complexity index is 548. The van der Waals surface area contributed by atoms with Crippen molar-refractivity contribution in [3.8, 4) is 0 Å². The van der Waals surface area contributed by atoms with E-state index in [2.05, 4.69) is 10.1 Å². The summed E-state index contributed by atoms with van der Waals surface area (Å²) in [5.41, 5.74) is 0.738. The number of pyridine rings is 1. The molecule has 102 valence electrons. The molecular formula is C12H11F4N3. The Morgan fingerprint density at radius 3 is 2.47 bits per heavy atom. The fourth-order valence-electron chi connectivity index (χ4n) is 1.78. The summed E-state index contributed by atoms with van der Waals surface area (Å²) >= 11 is 0. The third-order valence-electron chi connectivity index (χ3n) is 2.70. The van der Waals surface area contributed by atoms with Gasteiger partial charge in [0, 0.05) is 18.3 Å². The predicted octanol–water partition coefficient (Wildman–Crippen LogP) is 3.13. The van der Waals surface area contributed by atoms with E-state index in [1.54, 1.807) is 19.1 Å². The summed E-state index contributed by atoms with van der Waals surface area (Å²) in [5.74, 6) is -1.17. The largest absolute Gasteiger partial charge is 0.408 e. The number of nitrogens with zero attached hydrogens (tertiary/aromatic N) is 3. The van der Waals surface area contributed by atoms with E-state index < -0.39 is 24.5 Å². The number of halogens is 4. The van der Waals surface area contributed by atoms with Crippen molar-refractivity contribution in [3.63, 3.8) is 0 Å². The zero-order valence-corrected chi connectivity index (χ0v) is 10.0. The van der Waals surface area contributed by atoms with Crippen molar-refractivity contribution < 1.29 is 17.6 Å². The van der Waals surface area contributed by atoms with Crippen LogP contribution in [0.1, 0.15) is 24.1 Å². The highest BCUT2D eigenvalue weighted by atomic mass is 19.4. The van der Waals surface area contributed by atoms with Crippen LogP contribution in [-0.4, -0.2) is 20.9 Å². The molecule has 1 unspecified atom stereocenters. The summed E-state index contributed by atoms with van der Waals surface area (Å²) in [6.45, 7) is 0.381. The second-order valence-corrected chi connectivity index (χ2v) is 4.18. The molecule has 0 amide bonds. The molecule has 19 heavy (non-hydrogen) atoms. The van der Waals surface area contributed by atoms with Crippen LogP contribution in [0.15, 0.2) is 30.7 Å². The fourth-order valence-corrected chi connectivity index (χ4v) is 1.78. The van der Waals surface area contributed by atoms with E-state index >= 15 is 0 Å². The molecule has 0 saturated heterocycles. The number of hydrogen-bond acceptors (Lipinski definition) is 2. The second-order valence-electron chi connectivity index (χ2n) is 4.18. The van der Waals surface area contributed by atoms with Crippen LogP contribution in [0.4, 0.5) is 17.6 Å². The van der Waals surface area contributed by atoms with Gasteiger partial charge in [-0.1, -0.05) is 6.92 Å². The van der Waals surface area contributed by atoms with Crippen molar-refractivity contribution in [2.45, 2.75) is 25.6 Å². The standard InChI is InChI=1S/C12H11F4N3/c1-8(9-2-4-17-5-3-9)11-10(13)6-19(18-11)7-12(14,15)16/h2-6,8H,7H2,1H3. The first kappa shape index (κ1) is 13.5. The van der Waals surface area contributed by atoms with Gasteiger partial charge in [-0.05, 0) is 17.7 Å². The minimum atomic E-state index is -4.42. The molecule has 0 aromatic carbocycles. The molecule has 0 bridgehead atoms. The molecule has 7 heteroatoms. The Hall–Kier alpha value is -1.92. The molecule has 0 aliphatic rings. The summed E-state index contributed by atoms with van der Waals surface area (Å²) < 4.78 is 50.9. The third-order valence-corrected chi connectivity index (χ3v) is 2.70. The highest BCUT2D eigenvalue weighted by Crippen LogP contribution is 2.25. The normalized spacial score (nSPS) is 13.5. The zero-order chi connectivity index (χ0) is 14.0. The number of alkyl halides is 3. The highest BCUT2D eigenvalue weighted by molar-refractivity contribution is 5.25. The first-order chi connectivity index (χ1) is 8.87. The lowest BCUT2D eigenvalue weighted by atomic mass is 9.99. The van der Waals surface area contributed by atoms with Crippen molar-refractivity contribution in [3.05, 3.63) is 47.8 Å². The lowest BCUT2D eigenvalue weighted by Gasteiger charge is -2.09. The molecule has 2 aromatic heterocycles. The molecule has 0 spiro atoms. The van der Waals surface area contributed by atoms with Crippen LogP contribution in [0.2, 0.25) is 0 Å². The zero-order valence-electron chi connectivity index (χ0n) is 10.0. The topological polar surface area (TPSA) is 30.7 Å². The SMILES string of the molecule is CC(c1ccncc1)c1nn(CC(F)(F)F)cc1F. The van der Waals surface area contributed by atoms with E-state index in [0.717, 1.165) is 11.8 Å². The average Bonchev–Trinajstić information content (AvgIpc) is 2.68. The Morgan fingerprint density at radius 2 is 1.89 bits per heavy atom.